The van der Waals surface area contributed by atoms with Gasteiger partial charge >= 0.3 is 41.8 Å². The molecule has 472 valence electrons. The molecule has 23 nitrogen and oxygen atoms in total. The van der Waals surface area contributed by atoms with Gasteiger partial charge < -0.3 is 76.9 Å². The number of carbonyl (C=O) groups excluding carboxylic acids is 7. The summed E-state index contributed by atoms with van der Waals surface area (Å²) in [6.07, 6.45) is -27.2. The second-order valence-corrected chi connectivity index (χ2v) is 20.9. The number of ether oxygens (including phenoxy) is 13. The van der Waals surface area contributed by atoms with Gasteiger partial charge in [-0.15, -0.1) is 0 Å². The molecule has 15 atom stereocenters. The van der Waals surface area contributed by atoms with E-state index in [1.165, 1.54) is 92.0 Å². The third kappa shape index (κ3) is 16.1. The molecule has 0 radical (unpaired) electrons. The molecule has 3 aliphatic rings. The van der Waals surface area contributed by atoms with E-state index in [0.29, 0.717) is 0 Å². The Bertz CT molecular complexity index is 3530. The van der Waals surface area contributed by atoms with Crippen molar-refractivity contribution in [1.82, 2.24) is 0 Å². The zero-order valence-electron chi connectivity index (χ0n) is 48.5. The highest BCUT2D eigenvalue weighted by molar-refractivity contribution is 5.93. The summed E-state index contributed by atoms with van der Waals surface area (Å²) < 4.78 is 80.7. The van der Waals surface area contributed by atoms with Crippen LogP contribution in [0.15, 0.2) is 212 Å². The molecule has 0 aromatic heterocycles. The molecule has 0 aliphatic carbocycles. The molecule has 7 aromatic carbocycles. The van der Waals surface area contributed by atoms with Crippen LogP contribution >= 0.6 is 0 Å². The van der Waals surface area contributed by atoms with E-state index in [2.05, 4.69) is 0 Å². The number of hydrogen-bond acceptors (Lipinski definition) is 23. The Kier molecular flexibility index (Phi) is 21.8. The molecule has 0 amide bonds. The molecule has 7 aromatic rings. The second kappa shape index (κ2) is 30.8. The van der Waals surface area contributed by atoms with Crippen LogP contribution in [0.3, 0.4) is 0 Å². The normalized spacial score (nSPS) is 26.1. The second-order valence-electron chi connectivity index (χ2n) is 20.9. The van der Waals surface area contributed by atoms with Crippen LogP contribution in [0.2, 0.25) is 0 Å². The summed E-state index contributed by atoms with van der Waals surface area (Å²) in [7, 11) is 1.18. The average molecular weight is 1250 g/mol. The standard InChI is InChI=1S/C68H62O23/c1-79-66-52(71)51(70)50(69)47(83-66)37-81-67-57(90-64(77)45-33-19-7-20-34-45)56(89-63(76)44-31-17-6-18-32-44)54(87-61(74)42-27-13-4-14-28-42)49(85-67)39-82-68-58(91-65(78)46-35-21-8-22-36-46)55(88-62(75)43-29-15-5-16-30-43)53(86-60(73)41-25-11-3-12-26-41)48(84-68)38-80-59(72)40-23-9-2-10-24-40/h2-36,47-58,66-71H,37-39H2,1H3/t47-,48-,49-,50-,51+,52-,53-,54-,55+,56+,57-,58-,66-,67-,68-/m1/s1. The van der Waals surface area contributed by atoms with Gasteiger partial charge in [0.15, 0.2) is 55.5 Å². The molecular formula is C68H62O23. The lowest BCUT2D eigenvalue weighted by Gasteiger charge is -2.47. The van der Waals surface area contributed by atoms with Gasteiger partial charge in [-0.2, -0.15) is 0 Å². The van der Waals surface area contributed by atoms with Crippen LogP contribution in [0, 0.1) is 0 Å². The molecule has 3 N–H and O–H groups in total. The first-order valence-electron chi connectivity index (χ1n) is 28.8. The SMILES string of the molecule is CO[C@@H]1O[C@H](CO[C@@H]2O[C@H](CO[C@@H]3O[C@H](COC(=O)c4ccccc4)[C@@H](OC(=O)c4ccccc4)[C@H](OC(=O)c4ccccc4)[C@H]3OC(=O)c3ccccc3)[C@@H](OC(=O)c3ccccc3)[C@H](OC(=O)c3ccccc3)[C@H]2OC(=O)c2ccccc2)[C@@H](O)[C@H](O)[C@H]1O. The number of esters is 7. The van der Waals surface area contributed by atoms with Crippen LogP contribution < -0.4 is 0 Å². The minimum absolute atomic E-state index is 0.00214. The van der Waals surface area contributed by atoms with Crippen molar-refractivity contribution in [1.29, 1.82) is 0 Å². The molecule has 91 heavy (non-hydrogen) atoms. The molecule has 0 saturated carbocycles. The van der Waals surface area contributed by atoms with E-state index in [4.69, 9.17) is 61.6 Å². The Hall–Kier alpha value is -9.53. The van der Waals surface area contributed by atoms with Gasteiger partial charge in [-0.1, -0.05) is 127 Å². The molecule has 3 aliphatic heterocycles. The third-order valence-corrected chi connectivity index (χ3v) is 14.8. The molecule has 0 unspecified atom stereocenters. The van der Waals surface area contributed by atoms with Gasteiger partial charge in [-0.05, 0) is 84.9 Å². The van der Waals surface area contributed by atoms with E-state index in [1.807, 2.05) is 0 Å². The molecule has 3 heterocycles. The number of hydrogen-bond donors (Lipinski definition) is 3. The summed E-state index contributed by atoms with van der Waals surface area (Å²) in [6, 6.07) is 53.6. The van der Waals surface area contributed by atoms with Crippen molar-refractivity contribution in [2.75, 3.05) is 26.9 Å². The van der Waals surface area contributed by atoms with Crippen molar-refractivity contribution in [3.05, 3.63) is 251 Å². The number of aliphatic hydroxyl groups excluding tert-OH is 3. The highest BCUT2D eigenvalue weighted by Crippen LogP contribution is 2.36. The zero-order chi connectivity index (χ0) is 63.8. The predicted octanol–water partition coefficient (Wildman–Crippen LogP) is 6.13. The van der Waals surface area contributed by atoms with Crippen molar-refractivity contribution in [2.24, 2.45) is 0 Å². The van der Waals surface area contributed by atoms with Crippen LogP contribution in [-0.4, -0.2) is 176 Å². The smallest absolute Gasteiger partial charge is 0.338 e. The van der Waals surface area contributed by atoms with E-state index in [1.54, 1.807) is 127 Å². The lowest BCUT2D eigenvalue weighted by Crippen LogP contribution is -2.65. The summed E-state index contributed by atoms with van der Waals surface area (Å²) >= 11 is 0. The third-order valence-electron chi connectivity index (χ3n) is 14.8. The van der Waals surface area contributed by atoms with Gasteiger partial charge in [-0.3, -0.25) is 0 Å². The number of methoxy groups -OCH3 is 1. The zero-order valence-corrected chi connectivity index (χ0v) is 48.5. The molecule has 0 spiro atoms. The summed E-state index contributed by atoms with van der Waals surface area (Å²) in [5.41, 5.74) is 0.0833. The Balaban J connectivity index is 1.09. The van der Waals surface area contributed by atoms with Crippen molar-refractivity contribution < 1.29 is 110 Å². The Morgan fingerprint density at radius 3 is 0.857 bits per heavy atom. The quantitative estimate of drug-likeness (QED) is 0.0507. The Morgan fingerprint density at radius 2 is 0.549 bits per heavy atom. The van der Waals surface area contributed by atoms with E-state index < -0.39 is 154 Å². The van der Waals surface area contributed by atoms with Crippen molar-refractivity contribution in [3.63, 3.8) is 0 Å². The summed E-state index contributed by atoms with van der Waals surface area (Å²) in [5, 5.41) is 32.8. The lowest BCUT2D eigenvalue weighted by atomic mass is 9.96. The maximum absolute atomic E-state index is 14.5. The van der Waals surface area contributed by atoms with Crippen LogP contribution in [0.25, 0.3) is 0 Å². The lowest BCUT2D eigenvalue weighted by molar-refractivity contribution is -0.339. The number of rotatable bonds is 22. The molecule has 3 saturated heterocycles. The summed E-state index contributed by atoms with van der Waals surface area (Å²) in [5.74, 6) is -6.95. The van der Waals surface area contributed by atoms with Crippen LogP contribution in [0.1, 0.15) is 72.5 Å². The van der Waals surface area contributed by atoms with Crippen LogP contribution in [-0.2, 0) is 61.6 Å². The van der Waals surface area contributed by atoms with Crippen LogP contribution in [0.4, 0.5) is 0 Å². The first kappa shape index (κ1) is 64.5. The number of aliphatic hydroxyl groups is 3. The van der Waals surface area contributed by atoms with Gasteiger partial charge in [0.1, 0.15) is 43.2 Å². The maximum atomic E-state index is 14.5. The summed E-state index contributed by atoms with van der Waals surface area (Å²) in [4.78, 5) is 100. The molecule has 10 rings (SSSR count). The minimum atomic E-state index is -1.99. The van der Waals surface area contributed by atoms with Crippen LogP contribution in [0.5, 0.6) is 0 Å². The highest BCUT2D eigenvalue weighted by atomic mass is 16.8. The highest BCUT2D eigenvalue weighted by Gasteiger charge is 2.57. The average Bonchev–Trinajstić information content (AvgIpc) is 0.860. The maximum Gasteiger partial charge on any atom is 0.338 e. The molecule has 3 fully saturated rings. The van der Waals surface area contributed by atoms with Crippen molar-refractivity contribution >= 4 is 41.8 Å². The van der Waals surface area contributed by atoms with E-state index in [0.717, 1.165) is 0 Å². The van der Waals surface area contributed by atoms with Gasteiger partial charge in [-0.25, -0.2) is 33.6 Å². The van der Waals surface area contributed by atoms with Gasteiger partial charge in [0, 0.05) is 7.11 Å². The largest absolute Gasteiger partial charge is 0.459 e. The fourth-order valence-electron chi connectivity index (χ4n) is 10.1. The Labute approximate surface area is 520 Å². The predicted molar refractivity (Wildman–Crippen MR) is 314 cm³/mol. The van der Waals surface area contributed by atoms with Gasteiger partial charge in [0.25, 0.3) is 0 Å². The van der Waals surface area contributed by atoms with Gasteiger partial charge in [0.2, 0.25) is 0 Å². The van der Waals surface area contributed by atoms with Crippen molar-refractivity contribution in [2.45, 2.75) is 92.1 Å². The van der Waals surface area contributed by atoms with E-state index >= 15 is 0 Å². The summed E-state index contributed by atoms with van der Waals surface area (Å²) in [6.45, 7) is -2.37. The number of carbonyl (C=O) groups is 7. The fourth-order valence-corrected chi connectivity index (χ4v) is 10.1. The Morgan fingerprint density at radius 1 is 0.297 bits per heavy atom. The topological polar surface area (TPSA) is 300 Å². The van der Waals surface area contributed by atoms with E-state index in [-0.39, 0.29) is 38.9 Å². The molecular weight excluding hydrogens is 1180 g/mol. The minimum Gasteiger partial charge on any atom is -0.459 e. The van der Waals surface area contributed by atoms with E-state index in [9.17, 15) is 48.9 Å². The molecule has 0 bridgehead atoms. The van der Waals surface area contributed by atoms with Crippen molar-refractivity contribution in [3.8, 4) is 0 Å². The fraction of sp³-hybridized carbons (Fsp3) is 0.279. The first-order chi connectivity index (χ1) is 44.2. The monoisotopic (exact) mass is 1250 g/mol. The van der Waals surface area contributed by atoms with Gasteiger partial charge in [0.05, 0.1) is 52.2 Å². The molecule has 23 heteroatoms. The number of benzene rings is 7. The first-order valence-corrected chi connectivity index (χ1v) is 28.8.